The number of benzene rings is 2. The van der Waals surface area contributed by atoms with Gasteiger partial charge in [-0.25, -0.2) is 0 Å². The number of hydrogen-bond donors (Lipinski definition) is 1. The molecule has 2 aromatic rings. The molecule has 116 valence electrons. The van der Waals surface area contributed by atoms with Crippen molar-refractivity contribution in [3.05, 3.63) is 74.9 Å². The van der Waals surface area contributed by atoms with Gasteiger partial charge in [-0.05, 0) is 69.8 Å². The van der Waals surface area contributed by atoms with Crippen molar-refractivity contribution in [1.82, 2.24) is 0 Å². The molecule has 1 aliphatic heterocycles. The van der Waals surface area contributed by atoms with E-state index in [4.69, 9.17) is 0 Å². The smallest absolute Gasteiger partial charge is 0.0715 e. The normalized spacial score (nSPS) is 24.7. The lowest BCUT2D eigenvalue weighted by atomic mass is 9.77. The molecule has 0 radical (unpaired) electrons. The van der Waals surface area contributed by atoms with Gasteiger partial charge in [0, 0.05) is 15.2 Å². The first-order valence-corrected chi connectivity index (χ1v) is 8.75. The predicted molar refractivity (Wildman–Crippen MR) is 96.3 cm³/mol. The Labute approximate surface area is 148 Å². The minimum atomic E-state index is -1.13. The molecule has 4 rings (SSSR count). The van der Waals surface area contributed by atoms with E-state index in [9.17, 15) is 9.90 Å². The number of carbonyl (C=O) groups is 1. The van der Waals surface area contributed by atoms with Crippen LogP contribution in [0.5, 0.6) is 0 Å². The summed E-state index contributed by atoms with van der Waals surface area (Å²) in [7, 11) is 0. The number of aromatic carboxylic acids is 1. The minimum Gasteiger partial charge on any atom is -0.545 e. The van der Waals surface area contributed by atoms with Crippen LogP contribution in [0.15, 0.2) is 54.6 Å². The average Bonchev–Trinajstić information content (AvgIpc) is 3.04. The number of fused-ring (bicyclic) bond motifs is 3. The molecule has 0 aromatic heterocycles. The van der Waals surface area contributed by atoms with Gasteiger partial charge in [0.05, 0.1) is 12.0 Å². The van der Waals surface area contributed by atoms with Crippen molar-refractivity contribution in [1.29, 1.82) is 0 Å². The Morgan fingerprint density at radius 2 is 1.96 bits per heavy atom. The number of rotatable bonds is 2. The number of allylic oxidation sites excluding steroid dienone is 2. The first-order chi connectivity index (χ1) is 11.1. The zero-order valence-electron chi connectivity index (χ0n) is 12.3. The van der Waals surface area contributed by atoms with Gasteiger partial charge in [0.1, 0.15) is 0 Å². The second-order valence-corrected chi connectivity index (χ2v) is 7.36. The fourth-order valence-corrected chi connectivity index (χ4v) is 4.24. The average molecular weight is 416 g/mol. The summed E-state index contributed by atoms with van der Waals surface area (Å²) in [5.41, 5.74) is 3.88. The van der Waals surface area contributed by atoms with E-state index in [1.54, 1.807) is 12.1 Å². The van der Waals surface area contributed by atoms with E-state index in [-0.39, 0.29) is 11.6 Å². The van der Waals surface area contributed by atoms with Gasteiger partial charge in [0.25, 0.3) is 0 Å². The first kappa shape index (κ1) is 14.8. The standard InChI is InChI=1S/C19H16INO2/c20-13-8-9-17-16(10-13)14-2-1-3-15(14)18(21-17)11-4-6-12(7-5-11)19(22)23/h1-2,4-10,14-15,18,21H,3H2,(H,22,23)/p-1/t14-,15-,18-/m0/s1. The van der Waals surface area contributed by atoms with Gasteiger partial charge in [-0.15, -0.1) is 0 Å². The number of hydrogen-bond acceptors (Lipinski definition) is 3. The van der Waals surface area contributed by atoms with E-state index in [0.29, 0.717) is 11.8 Å². The lowest BCUT2D eigenvalue weighted by molar-refractivity contribution is -0.255. The number of anilines is 1. The SMILES string of the molecule is O=C([O-])c1ccc([C@@H]2Nc3ccc(I)cc3[C@H]3C=CC[C@@H]32)cc1. The third-order valence-corrected chi connectivity index (χ3v) is 5.50. The Morgan fingerprint density at radius 1 is 1.17 bits per heavy atom. The van der Waals surface area contributed by atoms with Crippen molar-refractivity contribution < 1.29 is 9.90 Å². The maximum absolute atomic E-state index is 10.9. The fraction of sp³-hybridized carbons (Fsp3) is 0.211. The van der Waals surface area contributed by atoms with E-state index < -0.39 is 5.97 Å². The van der Waals surface area contributed by atoms with Gasteiger partial charge >= 0.3 is 0 Å². The molecule has 0 saturated carbocycles. The van der Waals surface area contributed by atoms with Gasteiger partial charge in [0.2, 0.25) is 0 Å². The van der Waals surface area contributed by atoms with Crippen molar-refractivity contribution >= 4 is 34.2 Å². The van der Waals surface area contributed by atoms with Crippen LogP contribution in [0, 0.1) is 9.49 Å². The molecule has 0 saturated heterocycles. The second kappa shape index (κ2) is 5.67. The fourth-order valence-electron chi connectivity index (χ4n) is 3.72. The highest BCUT2D eigenvalue weighted by Gasteiger charge is 2.37. The van der Waals surface area contributed by atoms with Crippen LogP contribution in [0.1, 0.15) is 39.9 Å². The molecule has 0 unspecified atom stereocenters. The van der Waals surface area contributed by atoms with Gasteiger partial charge in [-0.2, -0.15) is 0 Å². The third-order valence-electron chi connectivity index (χ3n) is 4.83. The number of nitrogens with one attached hydrogen (secondary N) is 1. The van der Waals surface area contributed by atoms with Crippen LogP contribution in [0.25, 0.3) is 0 Å². The molecule has 1 heterocycles. The lowest BCUT2D eigenvalue weighted by Crippen LogP contribution is -2.29. The van der Waals surface area contributed by atoms with E-state index in [1.165, 1.54) is 14.8 Å². The molecule has 0 bridgehead atoms. The van der Waals surface area contributed by atoms with E-state index in [1.807, 2.05) is 12.1 Å². The van der Waals surface area contributed by atoms with Crippen LogP contribution >= 0.6 is 22.6 Å². The zero-order chi connectivity index (χ0) is 16.0. The van der Waals surface area contributed by atoms with Crippen molar-refractivity contribution in [3.8, 4) is 0 Å². The molecule has 3 atom stereocenters. The molecule has 3 nitrogen and oxygen atoms in total. The van der Waals surface area contributed by atoms with E-state index in [2.05, 4.69) is 58.3 Å². The minimum absolute atomic E-state index is 0.193. The Balaban J connectivity index is 1.73. The van der Waals surface area contributed by atoms with Gasteiger partial charge in [-0.3, -0.25) is 0 Å². The molecular formula is C19H15INO2-. The first-order valence-electron chi connectivity index (χ1n) is 7.67. The highest BCUT2D eigenvalue weighted by molar-refractivity contribution is 14.1. The Hall–Kier alpha value is -1.82. The summed E-state index contributed by atoms with van der Waals surface area (Å²) in [6.07, 6.45) is 5.60. The lowest BCUT2D eigenvalue weighted by Gasteiger charge is -2.37. The molecule has 0 fully saturated rings. The summed E-state index contributed by atoms with van der Waals surface area (Å²) in [6.45, 7) is 0. The molecule has 4 heteroatoms. The summed E-state index contributed by atoms with van der Waals surface area (Å²) in [5.74, 6) is -0.241. The maximum atomic E-state index is 10.9. The van der Waals surface area contributed by atoms with E-state index >= 15 is 0 Å². The van der Waals surface area contributed by atoms with Crippen molar-refractivity contribution in [2.24, 2.45) is 5.92 Å². The van der Waals surface area contributed by atoms with Crippen molar-refractivity contribution in [3.63, 3.8) is 0 Å². The Bertz CT molecular complexity index is 798. The number of carboxylic acids is 1. The molecule has 0 spiro atoms. The number of carboxylic acid groups (broad SMARTS) is 1. The quantitative estimate of drug-likeness (QED) is 0.603. The van der Waals surface area contributed by atoms with Crippen LogP contribution in [-0.4, -0.2) is 5.97 Å². The highest BCUT2D eigenvalue weighted by atomic mass is 127. The highest BCUT2D eigenvalue weighted by Crippen LogP contribution is 2.49. The second-order valence-electron chi connectivity index (χ2n) is 6.12. The summed E-state index contributed by atoms with van der Waals surface area (Å²) in [4.78, 5) is 10.9. The molecule has 1 aliphatic carbocycles. The van der Waals surface area contributed by atoms with Crippen molar-refractivity contribution in [2.45, 2.75) is 18.4 Å². The molecule has 23 heavy (non-hydrogen) atoms. The third kappa shape index (κ3) is 2.55. The van der Waals surface area contributed by atoms with Gasteiger partial charge in [-0.1, -0.05) is 36.4 Å². The zero-order valence-corrected chi connectivity index (χ0v) is 14.5. The molecular weight excluding hydrogens is 401 g/mol. The van der Waals surface area contributed by atoms with Gasteiger partial charge in [0.15, 0.2) is 0 Å². The van der Waals surface area contributed by atoms with Gasteiger partial charge < -0.3 is 15.2 Å². The van der Waals surface area contributed by atoms with Crippen LogP contribution in [0.2, 0.25) is 0 Å². The Kier molecular flexibility index (Phi) is 3.64. The molecule has 1 N–H and O–H groups in total. The summed E-state index contributed by atoms with van der Waals surface area (Å²) in [6, 6.07) is 13.8. The topological polar surface area (TPSA) is 52.2 Å². The number of halogens is 1. The van der Waals surface area contributed by atoms with Crippen molar-refractivity contribution in [2.75, 3.05) is 5.32 Å². The summed E-state index contributed by atoms with van der Waals surface area (Å²) in [5, 5.41) is 14.6. The molecule has 2 aromatic carbocycles. The predicted octanol–water partition coefficient (Wildman–Crippen LogP) is 3.48. The number of carbonyl (C=O) groups excluding carboxylic acids is 1. The summed E-state index contributed by atoms with van der Waals surface area (Å²) >= 11 is 2.35. The van der Waals surface area contributed by atoms with Crippen LogP contribution < -0.4 is 10.4 Å². The van der Waals surface area contributed by atoms with Crippen LogP contribution in [0.3, 0.4) is 0 Å². The van der Waals surface area contributed by atoms with Crippen LogP contribution in [0.4, 0.5) is 5.69 Å². The monoisotopic (exact) mass is 416 g/mol. The van der Waals surface area contributed by atoms with E-state index in [0.717, 1.165) is 12.0 Å². The largest absolute Gasteiger partial charge is 0.545 e. The molecule has 2 aliphatic rings. The maximum Gasteiger partial charge on any atom is 0.0715 e. The molecule has 0 amide bonds. The Morgan fingerprint density at radius 3 is 2.70 bits per heavy atom. The van der Waals surface area contributed by atoms with Crippen LogP contribution in [-0.2, 0) is 0 Å². The summed E-state index contributed by atoms with van der Waals surface area (Å²) < 4.78 is 1.25.